The molecule has 1 aliphatic heterocycles. The molecule has 0 saturated carbocycles. The number of benzene rings is 1. The first-order valence-electron chi connectivity index (χ1n) is 6.25. The maximum absolute atomic E-state index is 11.8. The maximum atomic E-state index is 11.8. The molecule has 4 nitrogen and oxygen atoms in total. The molecule has 2 rings (SSSR count). The van der Waals surface area contributed by atoms with Gasteiger partial charge in [0.25, 0.3) is 0 Å². The monoisotopic (exact) mass is 291 g/mol. The molecule has 0 fully saturated rings. The van der Waals surface area contributed by atoms with E-state index in [4.69, 9.17) is 15.2 Å². The van der Waals surface area contributed by atoms with Crippen molar-refractivity contribution in [1.82, 2.24) is 0 Å². The van der Waals surface area contributed by atoms with Gasteiger partial charge in [-0.2, -0.15) is 13.2 Å². The molecule has 0 amide bonds. The van der Waals surface area contributed by atoms with Gasteiger partial charge in [-0.25, -0.2) is 0 Å². The van der Waals surface area contributed by atoms with Crippen LogP contribution in [0.1, 0.15) is 18.0 Å². The molecular formula is C13H16F3NO3. The van der Waals surface area contributed by atoms with E-state index in [1.54, 1.807) is 12.1 Å². The summed E-state index contributed by atoms with van der Waals surface area (Å²) in [5, 5.41) is 0. The molecule has 1 aliphatic rings. The summed E-state index contributed by atoms with van der Waals surface area (Å²) in [5.74, 6) is 1.30. The Bertz CT molecular complexity index is 451. The number of alkyl halides is 3. The third kappa shape index (κ3) is 4.28. The second kappa shape index (κ2) is 6.32. The first-order chi connectivity index (χ1) is 9.46. The number of hydrogen-bond acceptors (Lipinski definition) is 4. The zero-order valence-corrected chi connectivity index (χ0v) is 10.8. The molecule has 1 atom stereocenters. The Morgan fingerprint density at radius 3 is 2.85 bits per heavy atom. The summed E-state index contributed by atoms with van der Waals surface area (Å²) >= 11 is 0. The van der Waals surface area contributed by atoms with Crippen LogP contribution in [0.3, 0.4) is 0 Å². The van der Waals surface area contributed by atoms with Crippen molar-refractivity contribution in [2.75, 3.05) is 26.4 Å². The summed E-state index contributed by atoms with van der Waals surface area (Å²) in [7, 11) is 0. The highest BCUT2D eigenvalue weighted by atomic mass is 19.4. The average Bonchev–Trinajstić information content (AvgIpc) is 2.74. The number of ether oxygens (including phenoxy) is 3. The molecule has 0 radical (unpaired) electrons. The lowest BCUT2D eigenvalue weighted by atomic mass is 10.1. The van der Waals surface area contributed by atoms with Gasteiger partial charge in [0.1, 0.15) is 24.7 Å². The van der Waals surface area contributed by atoms with Crippen LogP contribution < -0.4 is 15.2 Å². The van der Waals surface area contributed by atoms with Gasteiger partial charge in [0.2, 0.25) is 0 Å². The van der Waals surface area contributed by atoms with Crippen molar-refractivity contribution in [2.45, 2.75) is 18.6 Å². The van der Waals surface area contributed by atoms with E-state index in [0.717, 1.165) is 5.56 Å². The first-order valence-corrected chi connectivity index (χ1v) is 6.25. The normalized spacial score (nSPS) is 17.7. The molecule has 0 aliphatic carbocycles. The Kier molecular flexibility index (Phi) is 4.72. The van der Waals surface area contributed by atoms with Crippen molar-refractivity contribution in [1.29, 1.82) is 0 Å². The van der Waals surface area contributed by atoms with Crippen molar-refractivity contribution >= 4 is 0 Å². The van der Waals surface area contributed by atoms with Gasteiger partial charge in [-0.15, -0.1) is 0 Å². The van der Waals surface area contributed by atoms with Crippen LogP contribution in [0.2, 0.25) is 0 Å². The molecule has 7 heteroatoms. The molecule has 0 spiro atoms. The Morgan fingerprint density at radius 2 is 2.10 bits per heavy atom. The van der Waals surface area contributed by atoms with E-state index in [0.29, 0.717) is 24.5 Å². The summed E-state index contributed by atoms with van der Waals surface area (Å²) in [6.07, 6.45) is -3.90. The quantitative estimate of drug-likeness (QED) is 0.818. The Hall–Kier alpha value is -1.47. The van der Waals surface area contributed by atoms with Crippen LogP contribution in [0.5, 0.6) is 11.5 Å². The summed E-state index contributed by atoms with van der Waals surface area (Å²) in [6.45, 7) is -0.490. The lowest BCUT2D eigenvalue weighted by Gasteiger charge is -2.09. The summed E-state index contributed by atoms with van der Waals surface area (Å²) < 4.78 is 50.7. The van der Waals surface area contributed by atoms with Crippen LogP contribution in [0, 0.1) is 0 Å². The van der Waals surface area contributed by atoms with Crippen LogP contribution >= 0.6 is 0 Å². The Balaban J connectivity index is 1.68. The summed E-state index contributed by atoms with van der Waals surface area (Å²) in [5.41, 5.74) is 6.75. The number of nitrogens with two attached hydrogens (primary N) is 1. The van der Waals surface area contributed by atoms with Crippen molar-refractivity contribution in [2.24, 2.45) is 5.73 Å². The van der Waals surface area contributed by atoms with Crippen LogP contribution in [-0.4, -0.2) is 32.6 Å². The van der Waals surface area contributed by atoms with Gasteiger partial charge in [0.15, 0.2) is 0 Å². The third-order valence-electron chi connectivity index (χ3n) is 2.77. The number of halogens is 3. The second-order valence-electron chi connectivity index (χ2n) is 4.49. The van der Waals surface area contributed by atoms with Crippen molar-refractivity contribution in [3.05, 3.63) is 23.8 Å². The fourth-order valence-electron chi connectivity index (χ4n) is 1.84. The van der Waals surface area contributed by atoms with E-state index in [9.17, 15) is 13.2 Å². The highest BCUT2D eigenvalue weighted by Gasteiger charge is 2.27. The number of hydrogen-bond donors (Lipinski definition) is 1. The van der Waals surface area contributed by atoms with E-state index in [-0.39, 0.29) is 19.3 Å². The fourth-order valence-corrected chi connectivity index (χ4v) is 1.84. The van der Waals surface area contributed by atoms with Gasteiger partial charge < -0.3 is 19.9 Å². The minimum atomic E-state index is -4.28. The molecular weight excluding hydrogens is 275 g/mol. The Morgan fingerprint density at radius 1 is 1.30 bits per heavy atom. The van der Waals surface area contributed by atoms with Gasteiger partial charge in [-0.3, -0.25) is 0 Å². The molecule has 1 aromatic rings. The first kappa shape index (κ1) is 14.9. The second-order valence-corrected chi connectivity index (χ2v) is 4.49. The van der Waals surface area contributed by atoms with Gasteiger partial charge in [-0.1, -0.05) is 0 Å². The molecule has 0 bridgehead atoms. The molecule has 0 aromatic heterocycles. The van der Waals surface area contributed by atoms with Crippen LogP contribution in [0.15, 0.2) is 18.2 Å². The molecule has 1 heterocycles. The SMILES string of the molecule is NC1COc2cc(OCCCOCC(F)(F)F)ccc21. The molecule has 1 aromatic carbocycles. The zero-order chi connectivity index (χ0) is 14.6. The van der Waals surface area contributed by atoms with Gasteiger partial charge >= 0.3 is 6.18 Å². The predicted molar refractivity (Wildman–Crippen MR) is 65.9 cm³/mol. The van der Waals surface area contributed by atoms with E-state index in [2.05, 4.69) is 4.74 Å². The van der Waals surface area contributed by atoms with Gasteiger partial charge in [0, 0.05) is 18.1 Å². The number of fused-ring (bicyclic) bond motifs is 1. The van der Waals surface area contributed by atoms with E-state index in [1.807, 2.05) is 6.07 Å². The maximum Gasteiger partial charge on any atom is 0.411 e. The van der Waals surface area contributed by atoms with Crippen LogP contribution in [-0.2, 0) is 4.74 Å². The van der Waals surface area contributed by atoms with E-state index in [1.165, 1.54) is 0 Å². The average molecular weight is 291 g/mol. The third-order valence-corrected chi connectivity index (χ3v) is 2.77. The molecule has 2 N–H and O–H groups in total. The van der Waals surface area contributed by atoms with E-state index < -0.39 is 12.8 Å². The van der Waals surface area contributed by atoms with Crippen molar-refractivity contribution < 1.29 is 27.4 Å². The van der Waals surface area contributed by atoms with Crippen LogP contribution in [0.25, 0.3) is 0 Å². The largest absolute Gasteiger partial charge is 0.493 e. The smallest absolute Gasteiger partial charge is 0.411 e. The van der Waals surface area contributed by atoms with Crippen molar-refractivity contribution in [3.63, 3.8) is 0 Å². The summed E-state index contributed by atoms with van der Waals surface area (Å²) in [6, 6.07) is 5.22. The molecule has 0 saturated heterocycles. The fraction of sp³-hybridized carbons (Fsp3) is 0.538. The highest BCUT2D eigenvalue weighted by molar-refractivity contribution is 5.44. The summed E-state index contributed by atoms with van der Waals surface area (Å²) in [4.78, 5) is 0. The number of rotatable bonds is 6. The zero-order valence-electron chi connectivity index (χ0n) is 10.8. The van der Waals surface area contributed by atoms with E-state index >= 15 is 0 Å². The lowest BCUT2D eigenvalue weighted by molar-refractivity contribution is -0.174. The predicted octanol–water partition coefficient (Wildman–Crippen LogP) is 2.43. The van der Waals surface area contributed by atoms with Gasteiger partial charge in [-0.05, 0) is 12.1 Å². The molecule has 20 heavy (non-hydrogen) atoms. The van der Waals surface area contributed by atoms with Crippen molar-refractivity contribution in [3.8, 4) is 11.5 Å². The lowest BCUT2D eigenvalue weighted by Crippen LogP contribution is -2.18. The minimum absolute atomic E-state index is 0.00578. The molecule has 112 valence electrons. The standard InChI is InChI=1S/C13H16F3NO3/c14-13(15,16)8-18-4-1-5-19-9-2-3-10-11(17)7-20-12(10)6-9/h2-3,6,11H,1,4-5,7-8,17H2. The minimum Gasteiger partial charge on any atom is -0.493 e. The Labute approximate surface area is 114 Å². The topological polar surface area (TPSA) is 53.7 Å². The highest BCUT2D eigenvalue weighted by Crippen LogP contribution is 2.33. The molecule has 1 unspecified atom stereocenters. The van der Waals surface area contributed by atoms with Crippen LogP contribution in [0.4, 0.5) is 13.2 Å². The van der Waals surface area contributed by atoms with Gasteiger partial charge in [0.05, 0.1) is 19.3 Å².